The molecule has 0 spiro atoms. The van der Waals surface area contributed by atoms with Gasteiger partial charge in [-0.05, 0) is 18.2 Å². The van der Waals surface area contributed by atoms with Crippen LogP contribution >= 0.6 is 11.6 Å². The van der Waals surface area contributed by atoms with Gasteiger partial charge < -0.3 is 9.14 Å². The van der Waals surface area contributed by atoms with E-state index < -0.39 is 10.7 Å². The standard InChI is InChI=1S/C14H9ClFN3O3/c15-9-1-4-14-17-11(7-18(14)6-9)8-22-13-5-10(16)2-3-12(13)19(20)21/h1-7H,8H2. The van der Waals surface area contributed by atoms with Crippen LogP contribution in [0.3, 0.4) is 0 Å². The highest BCUT2D eigenvalue weighted by Crippen LogP contribution is 2.28. The summed E-state index contributed by atoms with van der Waals surface area (Å²) in [6.07, 6.45) is 3.37. The maximum atomic E-state index is 13.2. The third-order valence-electron chi connectivity index (χ3n) is 2.96. The summed E-state index contributed by atoms with van der Waals surface area (Å²) in [7, 11) is 0. The van der Waals surface area contributed by atoms with E-state index in [0.29, 0.717) is 16.4 Å². The van der Waals surface area contributed by atoms with Gasteiger partial charge in [0.15, 0.2) is 5.75 Å². The first-order valence-electron chi connectivity index (χ1n) is 6.23. The summed E-state index contributed by atoms with van der Waals surface area (Å²) < 4.78 is 20.3. The van der Waals surface area contributed by atoms with E-state index in [0.717, 1.165) is 18.2 Å². The molecule has 8 heteroatoms. The number of hydrogen-bond acceptors (Lipinski definition) is 4. The van der Waals surface area contributed by atoms with Crippen molar-refractivity contribution in [3.8, 4) is 5.75 Å². The number of halogens is 2. The van der Waals surface area contributed by atoms with E-state index in [-0.39, 0.29) is 18.0 Å². The van der Waals surface area contributed by atoms with E-state index in [4.69, 9.17) is 16.3 Å². The smallest absolute Gasteiger partial charge is 0.311 e. The van der Waals surface area contributed by atoms with Gasteiger partial charge in [-0.3, -0.25) is 10.1 Å². The number of aromatic nitrogens is 2. The van der Waals surface area contributed by atoms with Crippen LogP contribution in [0.4, 0.5) is 10.1 Å². The Kier molecular flexibility index (Phi) is 3.64. The van der Waals surface area contributed by atoms with Crippen LogP contribution in [0.1, 0.15) is 5.69 Å². The summed E-state index contributed by atoms with van der Waals surface area (Å²) in [4.78, 5) is 14.5. The topological polar surface area (TPSA) is 69.7 Å². The summed E-state index contributed by atoms with van der Waals surface area (Å²) in [5, 5.41) is 11.4. The molecule has 0 aliphatic rings. The Morgan fingerprint density at radius 3 is 2.91 bits per heavy atom. The van der Waals surface area contributed by atoms with Crippen molar-refractivity contribution in [1.82, 2.24) is 9.38 Å². The van der Waals surface area contributed by atoms with Crippen LogP contribution in [0, 0.1) is 15.9 Å². The van der Waals surface area contributed by atoms with Gasteiger partial charge in [0, 0.05) is 24.5 Å². The lowest BCUT2D eigenvalue weighted by atomic mass is 10.3. The van der Waals surface area contributed by atoms with Crippen LogP contribution < -0.4 is 4.74 Å². The van der Waals surface area contributed by atoms with E-state index in [1.807, 2.05) is 0 Å². The number of pyridine rings is 1. The van der Waals surface area contributed by atoms with E-state index in [1.165, 1.54) is 0 Å². The fourth-order valence-corrected chi connectivity index (χ4v) is 2.16. The third-order valence-corrected chi connectivity index (χ3v) is 3.18. The fraction of sp³-hybridized carbons (Fsp3) is 0.0714. The van der Waals surface area contributed by atoms with Crippen molar-refractivity contribution in [1.29, 1.82) is 0 Å². The second kappa shape index (κ2) is 5.61. The van der Waals surface area contributed by atoms with Gasteiger partial charge in [-0.15, -0.1) is 0 Å². The minimum absolute atomic E-state index is 0.0242. The van der Waals surface area contributed by atoms with Gasteiger partial charge in [0.2, 0.25) is 0 Å². The number of ether oxygens (including phenoxy) is 1. The second-order valence-electron chi connectivity index (χ2n) is 4.50. The van der Waals surface area contributed by atoms with E-state index in [1.54, 1.807) is 28.9 Å². The van der Waals surface area contributed by atoms with Gasteiger partial charge in [0.05, 0.1) is 15.6 Å². The molecule has 0 aliphatic carbocycles. The summed E-state index contributed by atoms with van der Waals surface area (Å²) in [5.74, 6) is -0.748. The number of hydrogen-bond donors (Lipinski definition) is 0. The second-order valence-corrected chi connectivity index (χ2v) is 4.94. The number of benzene rings is 1. The number of fused-ring (bicyclic) bond motifs is 1. The van der Waals surface area contributed by atoms with Crippen molar-refractivity contribution in [2.75, 3.05) is 0 Å². The Morgan fingerprint density at radius 2 is 2.14 bits per heavy atom. The van der Waals surface area contributed by atoms with Crippen molar-refractivity contribution in [3.63, 3.8) is 0 Å². The van der Waals surface area contributed by atoms with Gasteiger partial charge in [0.25, 0.3) is 0 Å². The summed E-state index contributed by atoms with van der Waals surface area (Å²) in [6.45, 7) is -0.0242. The van der Waals surface area contributed by atoms with Crippen LogP contribution in [0.25, 0.3) is 5.65 Å². The molecule has 112 valence electrons. The zero-order valence-electron chi connectivity index (χ0n) is 11.1. The first kappa shape index (κ1) is 14.3. The van der Waals surface area contributed by atoms with E-state index in [9.17, 15) is 14.5 Å². The van der Waals surface area contributed by atoms with E-state index in [2.05, 4.69) is 4.98 Å². The van der Waals surface area contributed by atoms with Gasteiger partial charge >= 0.3 is 5.69 Å². The van der Waals surface area contributed by atoms with Crippen molar-refractivity contribution in [2.24, 2.45) is 0 Å². The number of nitro benzene ring substituents is 1. The number of imidazole rings is 1. The van der Waals surface area contributed by atoms with Crippen LogP contribution in [0.5, 0.6) is 5.75 Å². The molecule has 22 heavy (non-hydrogen) atoms. The maximum absolute atomic E-state index is 13.2. The van der Waals surface area contributed by atoms with Gasteiger partial charge in [-0.2, -0.15) is 0 Å². The Hall–Kier alpha value is -2.67. The Bertz CT molecular complexity index is 866. The van der Waals surface area contributed by atoms with Crippen molar-refractivity contribution >= 4 is 22.9 Å². The van der Waals surface area contributed by atoms with Gasteiger partial charge in [-0.1, -0.05) is 11.6 Å². The molecular weight excluding hydrogens is 313 g/mol. The van der Waals surface area contributed by atoms with Gasteiger partial charge in [-0.25, -0.2) is 9.37 Å². The molecule has 3 rings (SSSR count). The first-order chi connectivity index (χ1) is 10.5. The Morgan fingerprint density at radius 1 is 1.32 bits per heavy atom. The SMILES string of the molecule is O=[N+]([O-])c1ccc(F)cc1OCc1cn2cc(Cl)ccc2n1. The predicted molar refractivity (Wildman–Crippen MR) is 77.6 cm³/mol. The number of nitro groups is 1. The van der Waals surface area contributed by atoms with Crippen LogP contribution in [-0.4, -0.2) is 14.3 Å². The van der Waals surface area contributed by atoms with Gasteiger partial charge in [0.1, 0.15) is 18.1 Å². The summed E-state index contributed by atoms with van der Waals surface area (Å²) in [6, 6.07) is 6.49. The van der Waals surface area contributed by atoms with Crippen LogP contribution in [-0.2, 0) is 6.61 Å². The highest BCUT2D eigenvalue weighted by molar-refractivity contribution is 6.30. The molecule has 0 bridgehead atoms. The summed E-state index contributed by atoms with van der Waals surface area (Å²) in [5.41, 5.74) is 0.908. The van der Waals surface area contributed by atoms with E-state index >= 15 is 0 Å². The molecule has 0 aliphatic heterocycles. The lowest BCUT2D eigenvalue weighted by molar-refractivity contribution is -0.386. The van der Waals surface area contributed by atoms with Crippen LogP contribution in [0.15, 0.2) is 42.7 Å². The van der Waals surface area contributed by atoms with Crippen molar-refractivity contribution < 1.29 is 14.1 Å². The fourth-order valence-electron chi connectivity index (χ4n) is 1.99. The highest BCUT2D eigenvalue weighted by Gasteiger charge is 2.16. The molecule has 0 saturated carbocycles. The molecule has 1 aromatic carbocycles. The normalized spacial score (nSPS) is 10.8. The molecule has 2 aromatic heterocycles. The van der Waals surface area contributed by atoms with Crippen molar-refractivity contribution in [3.05, 3.63) is 69.4 Å². The van der Waals surface area contributed by atoms with Crippen LogP contribution in [0.2, 0.25) is 5.02 Å². The molecule has 3 aromatic rings. The molecule has 0 saturated heterocycles. The molecule has 0 N–H and O–H groups in total. The average molecular weight is 322 g/mol. The molecule has 0 amide bonds. The minimum Gasteiger partial charge on any atom is -0.480 e. The molecule has 0 unspecified atom stereocenters. The lowest BCUT2D eigenvalue weighted by Crippen LogP contribution is -2.00. The molecule has 2 heterocycles. The molecule has 0 fully saturated rings. The molecular formula is C14H9ClFN3O3. The largest absolute Gasteiger partial charge is 0.480 e. The molecule has 6 nitrogen and oxygen atoms in total. The monoisotopic (exact) mass is 321 g/mol. The average Bonchev–Trinajstić information content (AvgIpc) is 2.86. The lowest BCUT2D eigenvalue weighted by Gasteiger charge is -2.04. The number of nitrogens with zero attached hydrogens (tertiary/aromatic N) is 3. The summed E-state index contributed by atoms with van der Waals surface area (Å²) >= 11 is 5.88. The zero-order valence-corrected chi connectivity index (χ0v) is 11.8. The third kappa shape index (κ3) is 2.84. The quantitative estimate of drug-likeness (QED) is 0.543. The molecule has 0 atom stereocenters. The Balaban J connectivity index is 1.84. The minimum atomic E-state index is -0.627. The zero-order chi connectivity index (χ0) is 15.7. The van der Waals surface area contributed by atoms with Crippen molar-refractivity contribution in [2.45, 2.75) is 6.61 Å². The number of rotatable bonds is 4. The Labute approximate surface area is 128 Å². The highest BCUT2D eigenvalue weighted by atomic mass is 35.5. The maximum Gasteiger partial charge on any atom is 0.311 e. The first-order valence-corrected chi connectivity index (χ1v) is 6.60. The molecule has 0 radical (unpaired) electrons. The predicted octanol–water partition coefficient (Wildman–Crippen LogP) is 3.61.